The second-order valence-corrected chi connectivity index (χ2v) is 6.95. The van der Waals surface area contributed by atoms with Crippen LogP contribution in [-0.4, -0.2) is 68.4 Å². The topological polar surface area (TPSA) is 85.4 Å². The summed E-state index contributed by atoms with van der Waals surface area (Å²) in [6.07, 6.45) is 1.57. The van der Waals surface area contributed by atoms with Crippen molar-refractivity contribution in [2.75, 3.05) is 44.9 Å². The van der Waals surface area contributed by atoms with Crippen molar-refractivity contribution in [2.24, 2.45) is 0 Å². The second kappa shape index (κ2) is 8.70. The standard InChI is InChI=1S/C20H26N2O6/c1-15(23)22(17-5-3-16(4-6-17)19(25)26-2)10-7-18(24)21-11-8-20(9-12-21)27-13-14-28-20/h3-6H,7-14H2,1-2H3. The van der Waals surface area contributed by atoms with E-state index in [-0.39, 0.29) is 24.8 Å². The first kappa shape index (κ1) is 20.3. The van der Waals surface area contributed by atoms with Crippen LogP contribution in [0.3, 0.4) is 0 Å². The van der Waals surface area contributed by atoms with Gasteiger partial charge in [-0.05, 0) is 24.3 Å². The number of hydrogen-bond acceptors (Lipinski definition) is 6. The summed E-state index contributed by atoms with van der Waals surface area (Å²) in [6.45, 7) is 4.13. The lowest BCUT2D eigenvalue weighted by Crippen LogP contribution is -2.48. The summed E-state index contributed by atoms with van der Waals surface area (Å²) in [5.74, 6) is -1.10. The van der Waals surface area contributed by atoms with Gasteiger partial charge in [0.25, 0.3) is 0 Å². The third-order valence-corrected chi connectivity index (χ3v) is 5.22. The number of likely N-dealkylation sites (tertiary alicyclic amines) is 1. The average Bonchev–Trinajstić information content (AvgIpc) is 3.16. The Bertz CT molecular complexity index is 717. The first-order valence-electron chi connectivity index (χ1n) is 9.46. The lowest BCUT2D eigenvalue weighted by molar-refractivity contribution is -0.187. The van der Waals surface area contributed by atoms with E-state index in [1.165, 1.54) is 18.9 Å². The number of rotatable bonds is 5. The predicted octanol–water partition coefficient (Wildman–Crippen LogP) is 1.58. The third kappa shape index (κ3) is 4.51. The fraction of sp³-hybridized carbons (Fsp3) is 0.550. The summed E-state index contributed by atoms with van der Waals surface area (Å²) in [5, 5.41) is 0. The van der Waals surface area contributed by atoms with E-state index >= 15 is 0 Å². The maximum atomic E-state index is 12.6. The summed E-state index contributed by atoms with van der Waals surface area (Å²) in [5.41, 5.74) is 1.04. The van der Waals surface area contributed by atoms with Crippen LogP contribution in [0, 0.1) is 0 Å². The molecular weight excluding hydrogens is 364 g/mol. The SMILES string of the molecule is COC(=O)c1ccc(N(CCC(=O)N2CCC3(CC2)OCCO3)C(C)=O)cc1. The Balaban J connectivity index is 1.55. The zero-order valence-corrected chi connectivity index (χ0v) is 16.3. The molecule has 2 aliphatic heterocycles. The smallest absolute Gasteiger partial charge is 0.337 e. The molecule has 8 heteroatoms. The number of anilines is 1. The minimum Gasteiger partial charge on any atom is -0.465 e. The Morgan fingerprint density at radius 3 is 2.25 bits per heavy atom. The van der Waals surface area contributed by atoms with Crippen molar-refractivity contribution >= 4 is 23.5 Å². The largest absolute Gasteiger partial charge is 0.465 e. The van der Waals surface area contributed by atoms with Gasteiger partial charge in [-0.25, -0.2) is 4.79 Å². The molecule has 2 heterocycles. The molecule has 1 aromatic rings. The van der Waals surface area contributed by atoms with Gasteiger partial charge in [-0.3, -0.25) is 9.59 Å². The molecular formula is C20H26N2O6. The molecule has 2 saturated heterocycles. The van der Waals surface area contributed by atoms with Crippen molar-refractivity contribution in [3.05, 3.63) is 29.8 Å². The lowest BCUT2D eigenvalue weighted by Gasteiger charge is -2.37. The van der Waals surface area contributed by atoms with E-state index in [0.717, 1.165) is 0 Å². The van der Waals surface area contributed by atoms with Crippen LogP contribution in [0.1, 0.15) is 36.5 Å². The molecule has 0 atom stereocenters. The van der Waals surface area contributed by atoms with E-state index in [4.69, 9.17) is 9.47 Å². The van der Waals surface area contributed by atoms with E-state index in [9.17, 15) is 14.4 Å². The van der Waals surface area contributed by atoms with Gasteiger partial charge >= 0.3 is 5.97 Å². The Morgan fingerprint density at radius 2 is 1.71 bits per heavy atom. The van der Waals surface area contributed by atoms with Crippen molar-refractivity contribution < 1.29 is 28.6 Å². The molecule has 2 fully saturated rings. The van der Waals surface area contributed by atoms with Crippen LogP contribution in [-0.2, 0) is 23.8 Å². The molecule has 0 N–H and O–H groups in total. The molecule has 152 valence electrons. The predicted molar refractivity (Wildman–Crippen MR) is 101 cm³/mol. The zero-order valence-electron chi connectivity index (χ0n) is 16.3. The van der Waals surface area contributed by atoms with E-state index in [1.807, 2.05) is 0 Å². The number of hydrogen-bond donors (Lipinski definition) is 0. The van der Waals surface area contributed by atoms with Gasteiger partial charge in [0.1, 0.15) is 0 Å². The van der Waals surface area contributed by atoms with Gasteiger partial charge < -0.3 is 24.0 Å². The van der Waals surface area contributed by atoms with Gasteiger partial charge in [0.15, 0.2) is 5.79 Å². The Kier molecular flexibility index (Phi) is 6.31. The maximum absolute atomic E-state index is 12.6. The number of ether oxygens (including phenoxy) is 3. The minimum atomic E-state index is -0.510. The van der Waals surface area contributed by atoms with Crippen molar-refractivity contribution in [1.29, 1.82) is 0 Å². The van der Waals surface area contributed by atoms with Crippen LogP contribution in [0.2, 0.25) is 0 Å². The molecule has 3 rings (SSSR count). The molecule has 0 aromatic heterocycles. The normalized spacial score (nSPS) is 18.1. The van der Waals surface area contributed by atoms with Crippen LogP contribution >= 0.6 is 0 Å². The summed E-state index contributed by atoms with van der Waals surface area (Å²) < 4.78 is 16.0. The van der Waals surface area contributed by atoms with Crippen LogP contribution < -0.4 is 4.90 Å². The molecule has 1 aromatic carbocycles. The number of carbonyl (C=O) groups is 3. The highest BCUT2D eigenvalue weighted by molar-refractivity contribution is 5.94. The van der Waals surface area contributed by atoms with Gasteiger partial charge in [0.2, 0.25) is 11.8 Å². The molecule has 28 heavy (non-hydrogen) atoms. The number of piperidine rings is 1. The number of methoxy groups -OCH3 is 1. The molecule has 1 spiro atoms. The van der Waals surface area contributed by atoms with Crippen LogP contribution in [0.15, 0.2) is 24.3 Å². The third-order valence-electron chi connectivity index (χ3n) is 5.22. The highest BCUT2D eigenvalue weighted by Gasteiger charge is 2.40. The summed E-state index contributed by atoms with van der Waals surface area (Å²) in [6, 6.07) is 6.56. The van der Waals surface area contributed by atoms with Crippen LogP contribution in [0.5, 0.6) is 0 Å². The van der Waals surface area contributed by atoms with E-state index in [0.29, 0.717) is 50.4 Å². The fourth-order valence-electron chi connectivity index (χ4n) is 3.61. The molecule has 2 aliphatic rings. The van der Waals surface area contributed by atoms with E-state index in [1.54, 1.807) is 29.2 Å². The van der Waals surface area contributed by atoms with Crippen molar-refractivity contribution in [3.8, 4) is 0 Å². The second-order valence-electron chi connectivity index (χ2n) is 6.95. The summed E-state index contributed by atoms with van der Waals surface area (Å²) >= 11 is 0. The number of esters is 1. The van der Waals surface area contributed by atoms with Crippen molar-refractivity contribution in [2.45, 2.75) is 32.0 Å². The van der Waals surface area contributed by atoms with E-state index < -0.39 is 11.8 Å². The van der Waals surface area contributed by atoms with E-state index in [2.05, 4.69) is 4.74 Å². The maximum Gasteiger partial charge on any atom is 0.337 e. The van der Waals surface area contributed by atoms with Crippen LogP contribution in [0.25, 0.3) is 0 Å². The zero-order chi connectivity index (χ0) is 20.1. The number of nitrogens with zero attached hydrogens (tertiary/aromatic N) is 2. The molecule has 2 amide bonds. The van der Waals surface area contributed by atoms with Crippen molar-refractivity contribution in [1.82, 2.24) is 4.90 Å². The van der Waals surface area contributed by atoms with Crippen LogP contribution in [0.4, 0.5) is 5.69 Å². The Labute approximate surface area is 164 Å². The molecule has 0 radical (unpaired) electrons. The summed E-state index contributed by atoms with van der Waals surface area (Å²) in [7, 11) is 1.32. The lowest BCUT2D eigenvalue weighted by atomic mass is 10.0. The monoisotopic (exact) mass is 390 g/mol. The highest BCUT2D eigenvalue weighted by Crippen LogP contribution is 2.31. The number of carbonyl (C=O) groups excluding carboxylic acids is 3. The first-order valence-corrected chi connectivity index (χ1v) is 9.46. The van der Waals surface area contributed by atoms with Gasteiger partial charge in [0, 0.05) is 51.5 Å². The molecule has 0 bridgehead atoms. The first-order chi connectivity index (χ1) is 13.4. The molecule has 0 aliphatic carbocycles. The fourth-order valence-corrected chi connectivity index (χ4v) is 3.61. The number of benzene rings is 1. The quantitative estimate of drug-likeness (QED) is 0.710. The molecule has 0 unspecified atom stereocenters. The van der Waals surface area contributed by atoms with Gasteiger partial charge in [-0.2, -0.15) is 0 Å². The molecule has 0 saturated carbocycles. The Morgan fingerprint density at radius 1 is 1.11 bits per heavy atom. The van der Waals surface area contributed by atoms with Crippen molar-refractivity contribution in [3.63, 3.8) is 0 Å². The summed E-state index contributed by atoms with van der Waals surface area (Å²) in [4.78, 5) is 39.5. The molecule has 8 nitrogen and oxygen atoms in total. The number of amides is 2. The van der Waals surface area contributed by atoms with Gasteiger partial charge in [0.05, 0.1) is 25.9 Å². The van der Waals surface area contributed by atoms with Gasteiger partial charge in [-0.1, -0.05) is 0 Å². The Hall–Kier alpha value is -2.45. The average molecular weight is 390 g/mol. The van der Waals surface area contributed by atoms with Gasteiger partial charge in [-0.15, -0.1) is 0 Å². The highest BCUT2D eigenvalue weighted by atomic mass is 16.7. The minimum absolute atomic E-state index is 0.00489.